The van der Waals surface area contributed by atoms with Crippen LogP contribution >= 0.6 is 0 Å². The van der Waals surface area contributed by atoms with Gasteiger partial charge in [-0.15, -0.1) is 0 Å². The van der Waals surface area contributed by atoms with Crippen LogP contribution < -0.4 is 10.1 Å². The third-order valence-electron chi connectivity index (χ3n) is 1.80. The topological polar surface area (TPSA) is 64.4 Å². The Balaban J connectivity index is 2.96. The average Bonchev–Trinajstić information content (AvgIpc) is 2.25. The first-order valence-electron chi connectivity index (χ1n) is 4.39. The van der Waals surface area contributed by atoms with Crippen LogP contribution in [0.5, 0.6) is 5.75 Å². The number of nitro benzene ring substituents is 1. The lowest BCUT2D eigenvalue weighted by Gasteiger charge is -2.06. The lowest BCUT2D eigenvalue weighted by Crippen LogP contribution is -1.98. The Morgan fingerprint density at radius 1 is 1.67 bits per heavy atom. The molecule has 0 saturated heterocycles. The summed E-state index contributed by atoms with van der Waals surface area (Å²) >= 11 is 0. The van der Waals surface area contributed by atoms with Crippen molar-refractivity contribution < 1.29 is 9.66 Å². The van der Waals surface area contributed by atoms with Crippen LogP contribution in [-0.4, -0.2) is 18.6 Å². The van der Waals surface area contributed by atoms with Gasteiger partial charge in [0.2, 0.25) is 0 Å². The largest absolute Gasteiger partial charge is 0.489 e. The van der Waals surface area contributed by atoms with E-state index in [2.05, 4.69) is 11.9 Å². The highest BCUT2D eigenvalue weighted by atomic mass is 16.6. The summed E-state index contributed by atoms with van der Waals surface area (Å²) in [7, 11) is 1.62. The Morgan fingerprint density at radius 3 is 2.93 bits per heavy atom. The molecule has 0 aliphatic carbocycles. The Kier molecular flexibility index (Phi) is 3.68. The van der Waals surface area contributed by atoms with Crippen molar-refractivity contribution in [2.45, 2.75) is 0 Å². The van der Waals surface area contributed by atoms with Gasteiger partial charge < -0.3 is 10.1 Å². The van der Waals surface area contributed by atoms with E-state index in [1.54, 1.807) is 25.3 Å². The number of anilines is 1. The molecule has 1 aromatic carbocycles. The van der Waals surface area contributed by atoms with E-state index in [1.807, 2.05) is 0 Å². The van der Waals surface area contributed by atoms with E-state index in [-0.39, 0.29) is 5.69 Å². The van der Waals surface area contributed by atoms with E-state index < -0.39 is 4.92 Å². The maximum absolute atomic E-state index is 10.6. The summed E-state index contributed by atoms with van der Waals surface area (Å²) in [6.45, 7) is 3.89. The van der Waals surface area contributed by atoms with Gasteiger partial charge in [0, 0.05) is 19.2 Å². The predicted octanol–water partition coefficient (Wildman–Crippen LogP) is 2.20. The van der Waals surface area contributed by atoms with Gasteiger partial charge in [0.05, 0.1) is 4.92 Å². The van der Waals surface area contributed by atoms with Gasteiger partial charge in [-0.05, 0) is 6.07 Å². The van der Waals surface area contributed by atoms with Gasteiger partial charge in [-0.25, -0.2) is 0 Å². The summed E-state index contributed by atoms with van der Waals surface area (Å²) < 4.78 is 5.25. The van der Waals surface area contributed by atoms with Gasteiger partial charge in [-0.2, -0.15) is 0 Å². The zero-order valence-electron chi connectivity index (χ0n) is 8.40. The molecule has 15 heavy (non-hydrogen) atoms. The third-order valence-corrected chi connectivity index (χ3v) is 1.80. The van der Waals surface area contributed by atoms with Gasteiger partial charge in [-0.3, -0.25) is 10.1 Å². The van der Waals surface area contributed by atoms with Crippen molar-refractivity contribution in [2.75, 3.05) is 19.0 Å². The predicted molar refractivity (Wildman–Crippen MR) is 58.3 cm³/mol. The standard InChI is InChI=1S/C10H12N2O3/c1-3-6-15-8-4-5-10(12(13)14)9(7-8)11-2/h3-5,7,11H,1,6H2,2H3. The molecule has 1 aromatic rings. The monoisotopic (exact) mass is 208 g/mol. The Morgan fingerprint density at radius 2 is 2.40 bits per heavy atom. The second kappa shape index (κ2) is 4.99. The Bertz CT molecular complexity index is 377. The quantitative estimate of drug-likeness (QED) is 0.457. The number of ether oxygens (including phenoxy) is 1. The molecule has 1 rings (SSSR count). The fourth-order valence-corrected chi connectivity index (χ4v) is 1.12. The summed E-state index contributed by atoms with van der Waals surface area (Å²) in [5.41, 5.74) is 0.463. The van der Waals surface area contributed by atoms with E-state index in [1.165, 1.54) is 6.07 Å². The number of nitrogens with one attached hydrogen (secondary N) is 1. The highest BCUT2D eigenvalue weighted by molar-refractivity contribution is 5.63. The first-order valence-corrected chi connectivity index (χ1v) is 4.39. The van der Waals surface area contributed by atoms with Crippen molar-refractivity contribution in [3.8, 4) is 5.75 Å². The number of benzene rings is 1. The molecule has 0 radical (unpaired) electrons. The molecule has 5 nitrogen and oxygen atoms in total. The molecular formula is C10H12N2O3. The van der Waals surface area contributed by atoms with E-state index in [9.17, 15) is 10.1 Å². The molecule has 80 valence electrons. The molecule has 0 spiro atoms. The number of hydrogen-bond acceptors (Lipinski definition) is 4. The smallest absolute Gasteiger partial charge is 0.292 e. The fraction of sp³-hybridized carbons (Fsp3) is 0.200. The SMILES string of the molecule is C=CCOc1ccc([N+](=O)[O-])c(NC)c1. The number of nitro groups is 1. The molecule has 1 N–H and O–H groups in total. The van der Waals surface area contributed by atoms with E-state index in [4.69, 9.17) is 4.74 Å². The zero-order valence-corrected chi connectivity index (χ0v) is 8.40. The molecular weight excluding hydrogens is 196 g/mol. The van der Waals surface area contributed by atoms with Crippen LogP contribution in [0.15, 0.2) is 30.9 Å². The summed E-state index contributed by atoms with van der Waals surface area (Å²) in [4.78, 5) is 10.2. The van der Waals surface area contributed by atoms with Crippen molar-refractivity contribution in [3.05, 3.63) is 41.0 Å². The number of rotatable bonds is 5. The van der Waals surface area contributed by atoms with Gasteiger partial charge in [0.25, 0.3) is 5.69 Å². The Hall–Kier alpha value is -2.04. The molecule has 0 fully saturated rings. The minimum Gasteiger partial charge on any atom is -0.489 e. The summed E-state index contributed by atoms with van der Waals surface area (Å²) in [5, 5.41) is 13.4. The number of hydrogen-bond donors (Lipinski definition) is 1. The molecule has 0 saturated carbocycles. The zero-order chi connectivity index (χ0) is 11.3. The third kappa shape index (κ3) is 2.70. The van der Waals surface area contributed by atoms with Gasteiger partial charge >= 0.3 is 0 Å². The second-order valence-corrected chi connectivity index (χ2v) is 2.79. The van der Waals surface area contributed by atoms with Crippen LogP contribution in [0, 0.1) is 10.1 Å². The summed E-state index contributed by atoms with van der Waals surface area (Å²) in [6, 6.07) is 4.55. The van der Waals surface area contributed by atoms with E-state index >= 15 is 0 Å². The molecule has 0 unspecified atom stereocenters. The first-order chi connectivity index (χ1) is 7.19. The molecule has 0 aromatic heterocycles. The van der Waals surface area contributed by atoms with Crippen molar-refractivity contribution in [1.29, 1.82) is 0 Å². The lowest BCUT2D eigenvalue weighted by atomic mass is 10.2. The van der Waals surface area contributed by atoms with Crippen LogP contribution in [0.1, 0.15) is 0 Å². The normalized spacial score (nSPS) is 9.40. The molecule has 5 heteroatoms. The molecule has 0 bridgehead atoms. The van der Waals surface area contributed by atoms with Crippen LogP contribution in [-0.2, 0) is 0 Å². The summed E-state index contributed by atoms with van der Waals surface area (Å²) in [5.74, 6) is 0.574. The second-order valence-electron chi connectivity index (χ2n) is 2.79. The maximum Gasteiger partial charge on any atom is 0.292 e. The molecule has 0 aliphatic heterocycles. The molecule has 0 aliphatic rings. The highest BCUT2D eigenvalue weighted by Gasteiger charge is 2.12. The summed E-state index contributed by atoms with van der Waals surface area (Å²) in [6.07, 6.45) is 1.61. The fourth-order valence-electron chi connectivity index (χ4n) is 1.12. The average molecular weight is 208 g/mol. The molecule has 0 atom stereocenters. The van der Waals surface area contributed by atoms with Crippen LogP contribution in [0.25, 0.3) is 0 Å². The molecule has 0 amide bonds. The van der Waals surface area contributed by atoms with Crippen molar-refractivity contribution in [3.63, 3.8) is 0 Å². The van der Waals surface area contributed by atoms with Crippen LogP contribution in [0.3, 0.4) is 0 Å². The Labute approximate surface area is 87.5 Å². The lowest BCUT2D eigenvalue weighted by molar-refractivity contribution is -0.384. The van der Waals surface area contributed by atoms with Crippen molar-refractivity contribution in [2.24, 2.45) is 0 Å². The van der Waals surface area contributed by atoms with Crippen molar-refractivity contribution in [1.82, 2.24) is 0 Å². The highest BCUT2D eigenvalue weighted by Crippen LogP contribution is 2.28. The van der Waals surface area contributed by atoms with Crippen LogP contribution in [0.4, 0.5) is 11.4 Å². The minimum absolute atomic E-state index is 0.0310. The van der Waals surface area contributed by atoms with Crippen molar-refractivity contribution >= 4 is 11.4 Å². The van der Waals surface area contributed by atoms with E-state index in [0.29, 0.717) is 18.0 Å². The molecule has 0 heterocycles. The minimum atomic E-state index is -0.441. The van der Waals surface area contributed by atoms with Gasteiger partial charge in [-0.1, -0.05) is 12.7 Å². The number of nitrogens with zero attached hydrogens (tertiary/aromatic N) is 1. The van der Waals surface area contributed by atoms with Gasteiger partial charge in [0.1, 0.15) is 18.0 Å². The first kappa shape index (κ1) is 11.0. The van der Waals surface area contributed by atoms with Gasteiger partial charge in [0.15, 0.2) is 0 Å². The van der Waals surface area contributed by atoms with Crippen LogP contribution in [0.2, 0.25) is 0 Å². The maximum atomic E-state index is 10.6. The van der Waals surface area contributed by atoms with E-state index in [0.717, 1.165) is 0 Å².